The second-order valence-corrected chi connectivity index (χ2v) is 11.3. The van der Waals surface area contributed by atoms with Crippen LogP contribution in [0.15, 0.2) is 68.4 Å². The minimum Gasteiger partial charge on any atom is -0.599 e. The largest absolute Gasteiger partial charge is 0.599 e. The zero-order chi connectivity index (χ0) is 25.3. The van der Waals surface area contributed by atoms with Crippen molar-refractivity contribution in [3.63, 3.8) is 0 Å². The molecule has 9 nitrogen and oxygen atoms in total. The van der Waals surface area contributed by atoms with Crippen molar-refractivity contribution in [1.29, 1.82) is 0 Å². The number of aromatic nitrogens is 1. The van der Waals surface area contributed by atoms with Crippen molar-refractivity contribution in [3.8, 4) is 22.4 Å². The van der Waals surface area contributed by atoms with Gasteiger partial charge in [0.2, 0.25) is 0 Å². The van der Waals surface area contributed by atoms with Gasteiger partial charge >= 0.3 is 5.97 Å². The molecule has 0 bridgehead atoms. The number of rotatable bonds is 11. The fraction of sp³-hybridized carbons (Fsp3) is 0.261. The van der Waals surface area contributed by atoms with Gasteiger partial charge in [-0.15, -0.1) is 4.40 Å². The Morgan fingerprint density at radius 1 is 1.00 bits per heavy atom. The number of hydrogen-bond acceptors (Lipinski definition) is 10. The summed E-state index contributed by atoms with van der Waals surface area (Å²) >= 11 is 0. The van der Waals surface area contributed by atoms with E-state index < -0.39 is 16.1 Å². The standard InChI is InChI=1S/C23H24N2O7S3/c1-16-21(18-6-4-3-5-7-18)22(24-32-16)19-8-10-20(11-9-19)35(28,29)25-23(27)31-13-15-34-33-14-12-30-17(2)26/h3-11H,12-15H2,1-2H3,(H,25,27)/p-1. The molecule has 0 atom stereocenters. The number of sulfonamides is 1. The Bertz CT molecular complexity index is 1260. The molecule has 0 radical (unpaired) electrons. The number of esters is 1. The molecule has 0 spiro atoms. The van der Waals surface area contributed by atoms with Crippen LogP contribution in [0.2, 0.25) is 0 Å². The van der Waals surface area contributed by atoms with Gasteiger partial charge in [0.25, 0.3) is 10.0 Å². The summed E-state index contributed by atoms with van der Waals surface area (Å²) in [6.45, 7) is 3.43. The molecular formula is C23H23N2O7S3-. The molecular weight excluding hydrogens is 512 g/mol. The number of hydrogen-bond donors (Lipinski definition) is 0. The van der Waals surface area contributed by atoms with Crippen LogP contribution in [0.3, 0.4) is 0 Å². The van der Waals surface area contributed by atoms with Gasteiger partial charge in [-0.05, 0) is 24.6 Å². The maximum Gasteiger partial charge on any atom is 0.302 e. The lowest BCUT2D eigenvalue weighted by molar-refractivity contribution is -0.249. The van der Waals surface area contributed by atoms with Crippen molar-refractivity contribution in [2.45, 2.75) is 18.7 Å². The van der Waals surface area contributed by atoms with E-state index in [1.165, 1.54) is 40.6 Å². The van der Waals surface area contributed by atoms with Crippen molar-refractivity contribution in [3.05, 3.63) is 60.4 Å². The molecule has 186 valence electrons. The molecule has 0 N–H and O–H groups in total. The zero-order valence-corrected chi connectivity index (χ0v) is 21.5. The molecule has 1 heterocycles. The van der Waals surface area contributed by atoms with Gasteiger partial charge in [0.15, 0.2) is 6.08 Å². The topological polar surface area (TPSA) is 131 Å². The molecule has 12 heteroatoms. The molecule has 0 aliphatic heterocycles. The number of nitrogens with zero attached hydrogens (tertiary/aromatic N) is 2. The van der Waals surface area contributed by atoms with Crippen LogP contribution in [-0.2, 0) is 24.3 Å². The Balaban J connectivity index is 1.59. The summed E-state index contributed by atoms with van der Waals surface area (Å²) in [6.07, 6.45) is -1.18. The van der Waals surface area contributed by atoms with E-state index in [2.05, 4.69) is 9.55 Å². The molecule has 0 fully saturated rings. The Kier molecular flexibility index (Phi) is 9.64. The molecule has 1 aromatic heterocycles. The van der Waals surface area contributed by atoms with Crippen LogP contribution in [0.1, 0.15) is 12.7 Å². The van der Waals surface area contributed by atoms with E-state index >= 15 is 0 Å². The predicted molar refractivity (Wildman–Crippen MR) is 134 cm³/mol. The number of carbonyl (C=O) groups is 1. The fourth-order valence-electron chi connectivity index (χ4n) is 2.98. The average molecular weight is 536 g/mol. The van der Waals surface area contributed by atoms with Crippen LogP contribution < -0.4 is 5.11 Å². The van der Waals surface area contributed by atoms with Crippen molar-refractivity contribution >= 4 is 43.7 Å². The number of ether oxygens (including phenoxy) is 2. The van der Waals surface area contributed by atoms with Crippen LogP contribution in [0.25, 0.3) is 22.4 Å². The molecule has 0 aliphatic rings. The molecule has 0 saturated carbocycles. The quantitative estimate of drug-likeness (QED) is 0.118. The lowest BCUT2D eigenvalue weighted by Crippen LogP contribution is -2.24. The van der Waals surface area contributed by atoms with Crippen molar-refractivity contribution < 1.29 is 32.3 Å². The van der Waals surface area contributed by atoms with Gasteiger partial charge < -0.3 is 19.1 Å². The average Bonchev–Trinajstić information content (AvgIpc) is 3.22. The summed E-state index contributed by atoms with van der Waals surface area (Å²) in [5.41, 5.74) is 2.98. The number of carbonyl (C=O) groups excluding carboxylic acids is 1. The van der Waals surface area contributed by atoms with Crippen LogP contribution in [0.5, 0.6) is 0 Å². The molecule has 0 saturated heterocycles. The maximum absolute atomic E-state index is 12.5. The third-order valence-corrected chi connectivity index (χ3v) is 8.08. The third-order valence-electron chi connectivity index (χ3n) is 4.49. The maximum atomic E-state index is 12.5. The Hall–Kier alpha value is -2.96. The van der Waals surface area contributed by atoms with E-state index in [4.69, 9.17) is 14.0 Å². The summed E-state index contributed by atoms with van der Waals surface area (Å²) in [7, 11) is -1.38. The fourth-order valence-corrected chi connectivity index (χ4v) is 5.46. The molecule has 0 unspecified atom stereocenters. The lowest BCUT2D eigenvalue weighted by Gasteiger charge is -2.13. The van der Waals surface area contributed by atoms with Crippen LogP contribution in [0, 0.1) is 6.92 Å². The Morgan fingerprint density at radius 3 is 2.26 bits per heavy atom. The highest BCUT2D eigenvalue weighted by Gasteiger charge is 2.18. The normalized spacial score (nSPS) is 11.9. The van der Waals surface area contributed by atoms with Gasteiger partial charge in [-0.25, -0.2) is 0 Å². The van der Waals surface area contributed by atoms with Crippen molar-refractivity contribution in [2.24, 2.45) is 4.40 Å². The summed E-state index contributed by atoms with van der Waals surface area (Å²) in [5, 5.41) is 16.0. The first-order valence-corrected chi connectivity index (χ1v) is 14.4. The number of benzene rings is 2. The Labute approximate surface area is 211 Å². The van der Waals surface area contributed by atoms with E-state index in [-0.39, 0.29) is 17.5 Å². The van der Waals surface area contributed by atoms with E-state index in [0.29, 0.717) is 35.1 Å². The third kappa shape index (κ3) is 7.77. The van der Waals surface area contributed by atoms with Gasteiger partial charge in [0.1, 0.15) is 18.1 Å². The van der Waals surface area contributed by atoms with Crippen molar-refractivity contribution in [2.75, 3.05) is 24.7 Å². The monoisotopic (exact) mass is 535 g/mol. The SMILES string of the molecule is CC(=O)OCCSSCCO/C([O-])=N/S(=O)(=O)c1ccc(-c2noc(C)c2-c2ccccc2)cc1. The summed E-state index contributed by atoms with van der Waals surface area (Å²) in [6, 6.07) is 15.5. The van der Waals surface area contributed by atoms with Crippen molar-refractivity contribution in [1.82, 2.24) is 5.16 Å². The number of aryl methyl sites for hydroxylation is 1. The summed E-state index contributed by atoms with van der Waals surface area (Å²) < 4.78 is 43.2. The zero-order valence-electron chi connectivity index (χ0n) is 19.0. The molecule has 3 rings (SSSR count). The van der Waals surface area contributed by atoms with Crippen LogP contribution >= 0.6 is 21.6 Å². The molecule has 2 aromatic carbocycles. The van der Waals surface area contributed by atoms with Gasteiger partial charge in [-0.1, -0.05) is 69.2 Å². The van der Waals surface area contributed by atoms with Gasteiger partial charge in [-0.2, -0.15) is 8.42 Å². The van der Waals surface area contributed by atoms with Gasteiger partial charge in [0, 0.05) is 30.6 Å². The molecule has 0 amide bonds. The summed E-state index contributed by atoms with van der Waals surface area (Å²) in [4.78, 5) is 10.5. The minimum absolute atomic E-state index is 0.00417. The minimum atomic E-state index is -4.23. The first kappa shape index (κ1) is 26.6. The first-order chi connectivity index (χ1) is 16.8. The van der Waals surface area contributed by atoms with Gasteiger partial charge in [0.05, 0.1) is 10.5 Å². The van der Waals surface area contributed by atoms with Crippen LogP contribution in [0.4, 0.5) is 0 Å². The molecule has 0 aliphatic carbocycles. The molecule has 35 heavy (non-hydrogen) atoms. The second kappa shape index (κ2) is 12.7. The highest BCUT2D eigenvalue weighted by Crippen LogP contribution is 2.34. The van der Waals surface area contributed by atoms with E-state index in [1.807, 2.05) is 37.3 Å². The lowest BCUT2D eigenvalue weighted by atomic mass is 10.00. The smallest absolute Gasteiger partial charge is 0.302 e. The second-order valence-electron chi connectivity index (χ2n) is 7.02. The van der Waals surface area contributed by atoms with Crippen LogP contribution in [-0.4, -0.2) is 50.3 Å². The Morgan fingerprint density at radius 2 is 1.63 bits per heavy atom. The predicted octanol–water partition coefficient (Wildman–Crippen LogP) is 3.68. The van der Waals surface area contributed by atoms with E-state index in [0.717, 1.165) is 11.1 Å². The van der Waals surface area contributed by atoms with E-state index in [9.17, 15) is 18.3 Å². The first-order valence-electron chi connectivity index (χ1n) is 10.4. The molecule has 3 aromatic rings. The highest BCUT2D eigenvalue weighted by atomic mass is 33.1. The van der Waals surface area contributed by atoms with Gasteiger partial charge in [-0.3, -0.25) is 4.79 Å². The summed E-state index contributed by atoms with van der Waals surface area (Å²) in [5.74, 6) is 1.32. The van der Waals surface area contributed by atoms with E-state index in [1.54, 1.807) is 12.1 Å². The highest BCUT2D eigenvalue weighted by molar-refractivity contribution is 8.76.